The number of benzene rings is 1. The molecule has 2 heterocycles. The van der Waals surface area contributed by atoms with Gasteiger partial charge in [0.05, 0.1) is 10.0 Å². The van der Waals surface area contributed by atoms with Gasteiger partial charge in [0.1, 0.15) is 11.5 Å². The molecular formula is C17H21Cl2N5O. The summed E-state index contributed by atoms with van der Waals surface area (Å²) in [7, 11) is 0. The van der Waals surface area contributed by atoms with E-state index in [1.807, 2.05) is 6.92 Å². The lowest BCUT2D eigenvalue weighted by molar-refractivity contribution is 0.0648. The van der Waals surface area contributed by atoms with E-state index in [0.717, 1.165) is 12.8 Å². The Morgan fingerprint density at radius 2 is 2.04 bits per heavy atom. The van der Waals surface area contributed by atoms with Crippen LogP contribution in [0.1, 0.15) is 36.2 Å². The van der Waals surface area contributed by atoms with Crippen LogP contribution in [-0.2, 0) is 0 Å². The number of nitrogens with two attached hydrogens (primary N) is 1. The van der Waals surface area contributed by atoms with Crippen molar-refractivity contribution in [1.29, 1.82) is 0 Å². The fraction of sp³-hybridized carbons (Fsp3) is 0.471. The summed E-state index contributed by atoms with van der Waals surface area (Å²) in [6.07, 6.45) is 1.98. The van der Waals surface area contributed by atoms with Crippen LogP contribution in [0.25, 0.3) is 5.69 Å². The van der Waals surface area contributed by atoms with E-state index in [2.05, 4.69) is 10.1 Å². The lowest BCUT2D eigenvalue weighted by Gasteiger charge is -2.33. The monoisotopic (exact) mass is 381 g/mol. The van der Waals surface area contributed by atoms with Gasteiger partial charge in [-0.15, -0.1) is 5.10 Å². The third-order valence-corrected chi connectivity index (χ3v) is 5.21. The molecular weight excluding hydrogens is 361 g/mol. The van der Waals surface area contributed by atoms with Gasteiger partial charge < -0.3 is 10.6 Å². The Balaban J connectivity index is 1.88. The zero-order valence-corrected chi connectivity index (χ0v) is 15.8. The number of likely N-dealkylation sites (tertiary alicyclic amines) is 1. The smallest absolute Gasteiger partial charge is 0.293 e. The van der Waals surface area contributed by atoms with Crippen molar-refractivity contribution in [3.05, 3.63) is 39.9 Å². The SMILES string of the molecule is Cc1nc(C(=O)N2CCCC(C(C)N)C2)nn1-c1c(Cl)cccc1Cl. The molecule has 1 amide bonds. The second-order valence-corrected chi connectivity index (χ2v) is 7.29. The molecule has 3 rings (SSSR count). The molecule has 6 nitrogen and oxygen atoms in total. The first-order chi connectivity index (χ1) is 11.9. The van der Waals surface area contributed by atoms with Crippen LogP contribution >= 0.6 is 23.2 Å². The number of aromatic nitrogens is 3. The van der Waals surface area contributed by atoms with Gasteiger partial charge in [-0.2, -0.15) is 0 Å². The van der Waals surface area contributed by atoms with Crippen molar-refractivity contribution in [2.24, 2.45) is 11.7 Å². The molecule has 1 aliphatic rings. The zero-order valence-electron chi connectivity index (χ0n) is 14.2. The normalized spacial score (nSPS) is 19.1. The summed E-state index contributed by atoms with van der Waals surface area (Å²) in [5, 5.41) is 5.27. The lowest BCUT2D eigenvalue weighted by Crippen LogP contribution is -2.45. The summed E-state index contributed by atoms with van der Waals surface area (Å²) < 4.78 is 1.52. The molecule has 1 aromatic carbocycles. The Hall–Kier alpha value is -1.63. The summed E-state index contributed by atoms with van der Waals surface area (Å²) in [5.41, 5.74) is 6.53. The van der Waals surface area contributed by atoms with E-state index in [9.17, 15) is 4.79 Å². The summed E-state index contributed by atoms with van der Waals surface area (Å²) >= 11 is 12.5. The van der Waals surface area contributed by atoms with E-state index in [-0.39, 0.29) is 17.8 Å². The average Bonchev–Trinajstić information content (AvgIpc) is 2.96. The van der Waals surface area contributed by atoms with Crippen LogP contribution in [0.4, 0.5) is 0 Å². The molecule has 0 spiro atoms. The minimum Gasteiger partial charge on any atom is -0.336 e. The second kappa shape index (κ2) is 7.32. The third kappa shape index (κ3) is 3.66. The highest BCUT2D eigenvalue weighted by molar-refractivity contribution is 6.37. The van der Waals surface area contributed by atoms with Gasteiger partial charge in [-0.05, 0) is 44.7 Å². The maximum Gasteiger partial charge on any atom is 0.293 e. The quantitative estimate of drug-likeness (QED) is 0.885. The zero-order chi connectivity index (χ0) is 18.1. The highest BCUT2D eigenvalue weighted by Crippen LogP contribution is 2.28. The molecule has 0 bridgehead atoms. The van der Waals surface area contributed by atoms with Gasteiger partial charge in [0.25, 0.3) is 5.91 Å². The number of carbonyl (C=O) groups excluding carboxylic acids is 1. The van der Waals surface area contributed by atoms with Crippen LogP contribution in [0.15, 0.2) is 18.2 Å². The van der Waals surface area contributed by atoms with Gasteiger partial charge >= 0.3 is 0 Å². The van der Waals surface area contributed by atoms with Crippen molar-refractivity contribution in [1.82, 2.24) is 19.7 Å². The van der Waals surface area contributed by atoms with Gasteiger partial charge in [-0.3, -0.25) is 4.79 Å². The topological polar surface area (TPSA) is 77.0 Å². The predicted molar refractivity (Wildman–Crippen MR) is 98.4 cm³/mol. The minimum absolute atomic E-state index is 0.0600. The molecule has 2 N–H and O–H groups in total. The van der Waals surface area contributed by atoms with Crippen molar-refractivity contribution in [2.45, 2.75) is 32.7 Å². The molecule has 0 saturated carbocycles. The van der Waals surface area contributed by atoms with Gasteiger partial charge in [0.2, 0.25) is 5.82 Å². The number of piperidine rings is 1. The largest absolute Gasteiger partial charge is 0.336 e. The molecule has 2 atom stereocenters. The first-order valence-electron chi connectivity index (χ1n) is 8.31. The Morgan fingerprint density at radius 3 is 2.68 bits per heavy atom. The van der Waals surface area contributed by atoms with Crippen LogP contribution in [0.5, 0.6) is 0 Å². The molecule has 8 heteroatoms. The van der Waals surface area contributed by atoms with Crippen LogP contribution in [0.3, 0.4) is 0 Å². The standard InChI is InChI=1S/C17H21Cl2N5O/c1-10(20)12-5-4-8-23(9-12)17(25)16-21-11(2)24(22-16)15-13(18)6-3-7-14(15)19/h3,6-7,10,12H,4-5,8-9,20H2,1-2H3. The highest BCUT2D eigenvalue weighted by Gasteiger charge is 2.29. The average molecular weight is 382 g/mol. The maximum absolute atomic E-state index is 12.8. The van der Waals surface area contributed by atoms with Crippen molar-refractivity contribution < 1.29 is 4.79 Å². The molecule has 134 valence electrons. The summed E-state index contributed by atoms with van der Waals surface area (Å²) in [6, 6.07) is 5.27. The molecule has 1 aliphatic heterocycles. The lowest BCUT2D eigenvalue weighted by atomic mass is 9.92. The van der Waals surface area contributed by atoms with Crippen LogP contribution in [0, 0.1) is 12.8 Å². The number of carbonyl (C=O) groups is 1. The van der Waals surface area contributed by atoms with Gasteiger partial charge in [-0.25, -0.2) is 9.67 Å². The third-order valence-electron chi connectivity index (χ3n) is 4.60. The number of hydrogen-bond donors (Lipinski definition) is 1. The van der Waals surface area contributed by atoms with Gasteiger partial charge in [0, 0.05) is 19.1 Å². The Bertz CT molecular complexity index is 769. The summed E-state index contributed by atoms with van der Waals surface area (Å²) in [6.45, 7) is 5.08. The molecule has 2 aromatic rings. The van der Waals surface area contributed by atoms with E-state index in [4.69, 9.17) is 28.9 Å². The predicted octanol–water partition coefficient (Wildman–Crippen LogP) is 3.08. The first kappa shape index (κ1) is 18.2. The fourth-order valence-corrected chi connectivity index (χ4v) is 3.71. The number of aryl methyl sites for hydroxylation is 1. The number of halogens is 2. The molecule has 0 aliphatic carbocycles. The molecule has 0 radical (unpaired) electrons. The van der Waals surface area contributed by atoms with Crippen molar-refractivity contribution in [3.8, 4) is 5.69 Å². The Morgan fingerprint density at radius 1 is 1.36 bits per heavy atom. The molecule has 1 aromatic heterocycles. The van der Waals surface area contributed by atoms with E-state index in [1.165, 1.54) is 4.68 Å². The van der Waals surface area contributed by atoms with E-state index in [1.54, 1.807) is 30.0 Å². The second-order valence-electron chi connectivity index (χ2n) is 6.48. The number of amides is 1. The van der Waals surface area contributed by atoms with Crippen molar-refractivity contribution in [2.75, 3.05) is 13.1 Å². The minimum atomic E-state index is -0.185. The Kier molecular flexibility index (Phi) is 5.32. The molecule has 1 fully saturated rings. The number of para-hydroxylation sites is 1. The maximum atomic E-state index is 12.8. The molecule has 1 saturated heterocycles. The Labute approximate surface area is 156 Å². The van der Waals surface area contributed by atoms with Crippen molar-refractivity contribution in [3.63, 3.8) is 0 Å². The number of rotatable bonds is 3. The highest BCUT2D eigenvalue weighted by atomic mass is 35.5. The molecule has 2 unspecified atom stereocenters. The van der Waals surface area contributed by atoms with Gasteiger partial charge in [0.15, 0.2) is 0 Å². The summed E-state index contributed by atoms with van der Waals surface area (Å²) in [5.74, 6) is 0.826. The van der Waals surface area contributed by atoms with Crippen LogP contribution in [-0.4, -0.2) is 44.7 Å². The number of nitrogens with zero attached hydrogens (tertiary/aromatic N) is 4. The van der Waals surface area contributed by atoms with E-state index < -0.39 is 0 Å². The van der Waals surface area contributed by atoms with Crippen LogP contribution in [0.2, 0.25) is 10.0 Å². The van der Waals surface area contributed by atoms with Gasteiger partial charge in [-0.1, -0.05) is 29.3 Å². The van der Waals surface area contributed by atoms with Crippen molar-refractivity contribution >= 4 is 29.1 Å². The summed E-state index contributed by atoms with van der Waals surface area (Å²) in [4.78, 5) is 18.9. The fourth-order valence-electron chi connectivity index (χ4n) is 3.15. The van der Waals surface area contributed by atoms with E-state index in [0.29, 0.717) is 40.6 Å². The van der Waals surface area contributed by atoms with Crippen LogP contribution < -0.4 is 5.73 Å². The van der Waals surface area contributed by atoms with E-state index >= 15 is 0 Å². The number of hydrogen-bond acceptors (Lipinski definition) is 4. The molecule has 25 heavy (non-hydrogen) atoms. The first-order valence-corrected chi connectivity index (χ1v) is 9.07.